The summed E-state index contributed by atoms with van der Waals surface area (Å²) in [7, 11) is 0. The normalized spacial score (nSPS) is 10.9. The van der Waals surface area contributed by atoms with E-state index in [1.165, 1.54) is 0 Å². The minimum absolute atomic E-state index is 0.299. The summed E-state index contributed by atoms with van der Waals surface area (Å²) in [6.07, 6.45) is -0.299. The van der Waals surface area contributed by atoms with Gasteiger partial charge in [-0.2, -0.15) is 0 Å². The maximum absolute atomic E-state index is 11.9. The maximum atomic E-state index is 11.9. The molecule has 0 saturated carbocycles. The van der Waals surface area contributed by atoms with Crippen LogP contribution in [0.15, 0.2) is 30.3 Å². The average Bonchev–Trinajstić information content (AvgIpc) is 2.33. The van der Waals surface area contributed by atoms with E-state index >= 15 is 0 Å². The molecule has 0 N–H and O–H groups in total. The molecule has 0 aliphatic carbocycles. The van der Waals surface area contributed by atoms with Crippen LogP contribution in [0.25, 0.3) is 0 Å². The molecule has 1 aromatic rings. The molecule has 0 aromatic heterocycles. The van der Waals surface area contributed by atoms with Crippen LogP contribution in [0.5, 0.6) is 5.75 Å². The zero-order valence-corrected chi connectivity index (χ0v) is 12.2. The predicted octanol–water partition coefficient (Wildman–Crippen LogP) is 3.32. The van der Waals surface area contributed by atoms with Gasteiger partial charge < -0.3 is 14.4 Å². The fourth-order valence-corrected chi connectivity index (χ4v) is 1.50. The van der Waals surface area contributed by atoms with Crippen molar-refractivity contribution < 1.29 is 14.3 Å². The molecular weight excluding hydrogens is 242 g/mol. The maximum Gasteiger partial charge on any atom is 0.410 e. The van der Waals surface area contributed by atoms with Crippen molar-refractivity contribution >= 4 is 6.09 Å². The molecule has 4 nitrogen and oxygen atoms in total. The average molecular weight is 265 g/mol. The fourth-order valence-electron chi connectivity index (χ4n) is 1.50. The van der Waals surface area contributed by atoms with E-state index in [1.54, 1.807) is 4.90 Å². The monoisotopic (exact) mass is 265 g/mol. The minimum atomic E-state index is -0.467. The quantitative estimate of drug-likeness (QED) is 0.819. The van der Waals surface area contributed by atoms with Gasteiger partial charge in [-0.25, -0.2) is 4.79 Å². The summed E-state index contributed by atoms with van der Waals surface area (Å²) in [5.41, 5.74) is -0.467. The zero-order valence-electron chi connectivity index (χ0n) is 12.2. The Kier molecular flexibility index (Phi) is 5.67. The Labute approximate surface area is 115 Å². The van der Waals surface area contributed by atoms with Crippen LogP contribution in [-0.2, 0) is 4.74 Å². The number of para-hydroxylation sites is 1. The second-order valence-electron chi connectivity index (χ2n) is 5.22. The van der Waals surface area contributed by atoms with Gasteiger partial charge in [0.05, 0.1) is 6.54 Å². The lowest BCUT2D eigenvalue weighted by Gasteiger charge is -2.26. The first-order valence-corrected chi connectivity index (χ1v) is 6.58. The minimum Gasteiger partial charge on any atom is -0.492 e. The summed E-state index contributed by atoms with van der Waals surface area (Å²) < 4.78 is 10.9. The first-order chi connectivity index (χ1) is 8.92. The lowest BCUT2D eigenvalue weighted by atomic mass is 10.2. The Morgan fingerprint density at radius 2 is 1.84 bits per heavy atom. The standard InChI is InChI=1S/C15H23NO3/c1-5-16(14(17)19-15(2,3)4)11-12-18-13-9-7-6-8-10-13/h6-10H,5,11-12H2,1-4H3. The van der Waals surface area contributed by atoms with Crippen LogP contribution in [0.2, 0.25) is 0 Å². The number of carbonyl (C=O) groups is 1. The van der Waals surface area contributed by atoms with Crippen molar-refractivity contribution in [3.05, 3.63) is 30.3 Å². The van der Waals surface area contributed by atoms with Crippen molar-refractivity contribution in [2.45, 2.75) is 33.3 Å². The first kappa shape index (κ1) is 15.3. The highest BCUT2D eigenvalue weighted by atomic mass is 16.6. The number of likely N-dealkylation sites (N-methyl/N-ethyl adjacent to an activating group) is 1. The van der Waals surface area contributed by atoms with E-state index in [0.29, 0.717) is 19.7 Å². The number of ether oxygens (including phenoxy) is 2. The third kappa shape index (κ3) is 6.13. The van der Waals surface area contributed by atoms with Crippen molar-refractivity contribution in [3.8, 4) is 5.75 Å². The highest BCUT2D eigenvalue weighted by molar-refractivity contribution is 5.68. The van der Waals surface area contributed by atoms with Crippen molar-refractivity contribution in [1.29, 1.82) is 0 Å². The number of amides is 1. The van der Waals surface area contributed by atoms with E-state index < -0.39 is 5.60 Å². The molecule has 0 bridgehead atoms. The van der Waals surface area contributed by atoms with E-state index in [2.05, 4.69) is 0 Å². The third-order valence-electron chi connectivity index (χ3n) is 2.41. The van der Waals surface area contributed by atoms with Gasteiger partial charge in [0.15, 0.2) is 0 Å². The molecule has 0 heterocycles. The lowest BCUT2D eigenvalue weighted by Crippen LogP contribution is -2.38. The Morgan fingerprint density at radius 1 is 1.21 bits per heavy atom. The predicted molar refractivity (Wildman–Crippen MR) is 75.4 cm³/mol. The number of benzene rings is 1. The SMILES string of the molecule is CCN(CCOc1ccccc1)C(=O)OC(C)(C)C. The Morgan fingerprint density at radius 3 is 2.37 bits per heavy atom. The van der Waals surface area contributed by atoms with E-state index in [1.807, 2.05) is 58.0 Å². The van der Waals surface area contributed by atoms with Crippen LogP contribution in [0, 0.1) is 0 Å². The molecule has 0 aliphatic heterocycles. The number of hydrogen-bond donors (Lipinski definition) is 0. The van der Waals surface area contributed by atoms with E-state index in [0.717, 1.165) is 5.75 Å². The Bertz CT molecular complexity index is 384. The molecule has 0 saturated heterocycles. The van der Waals surface area contributed by atoms with E-state index in [4.69, 9.17) is 9.47 Å². The van der Waals surface area contributed by atoms with Gasteiger partial charge in [-0.1, -0.05) is 18.2 Å². The van der Waals surface area contributed by atoms with Crippen molar-refractivity contribution in [2.75, 3.05) is 19.7 Å². The van der Waals surface area contributed by atoms with Gasteiger partial charge in [0.2, 0.25) is 0 Å². The molecular formula is C15H23NO3. The fraction of sp³-hybridized carbons (Fsp3) is 0.533. The molecule has 0 unspecified atom stereocenters. The number of nitrogens with zero attached hydrogens (tertiary/aromatic N) is 1. The largest absolute Gasteiger partial charge is 0.492 e. The highest BCUT2D eigenvalue weighted by Crippen LogP contribution is 2.11. The molecule has 1 amide bonds. The smallest absolute Gasteiger partial charge is 0.410 e. The van der Waals surface area contributed by atoms with Crippen LogP contribution in [0.4, 0.5) is 4.79 Å². The zero-order chi connectivity index (χ0) is 14.3. The molecule has 1 rings (SSSR count). The lowest BCUT2D eigenvalue weighted by molar-refractivity contribution is 0.0237. The van der Waals surface area contributed by atoms with Crippen LogP contribution in [-0.4, -0.2) is 36.3 Å². The summed E-state index contributed by atoms with van der Waals surface area (Å²) in [5.74, 6) is 0.808. The van der Waals surface area contributed by atoms with Crippen molar-refractivity contribution in [1.82, 2.24) is 4.90 Å². The van der Waals surface area contributed by atoms with Gasteiger partial charge in [0.25, 0.3) is 0 Å². The number of carbonyl (C=O) groups excluding carboxylic acids is 1. The van der Waals surface area contributed by atoms with Crippen LogP contribution >= 0.6 is 0 Å². The molecule has 0 aliphatic rings. The molecule has 0 spiro atoms. The van der Waals surface area contributed by atoms with Crippen LogP contribution < -0.4 is 4.74 Å². The van der Waals surface area contributed by atoms with Gasteiger partial charge in [-0.15, -0.1) is 0 Å². The third-order valence-corrected chi connectivity index (χ3v) is 2.41. The van der Waals surface area contributed by atoms with Gasteiger partial charge in [0, 0.05) is 6.54 Å². The van der Waals surface area contributed by atoms with Gasteiger partial charge in [0.1, 0.15) is 18.0 Å². The number of rotatable bonds is 5. The second-order valence-corrected chi connectivity index (χ2v) is 5.22. The second kappa shape index (κ2) is 7.02. The topological polar surface area (TPSA) is 38.8 Å². The van der Waals surface area contributed by atoms with E-state index in [-0.39, 0.29) is 6.09 Å². The number of hydrogen-bond acceptors (Lipinski definition) is 3. The van der Waals surface area contributed by atoms with Gasteiger partial charge >= 0.3 is 6.09 Å². The molecule has 106 valence electrons. The molecule has 19 heavy (non-hydrogen) atoms. The highest BCUT2D eigenvalue weighted by Gasteiger charge is 2.20. The summed E-state index contributed by atoms with van der Waals surface area (Å²) >= 11 is 0. The summed E-state index contributed by atoms with van der Waals surface area (Å²) in [5, 5.41) is 0. The van der Waals surface area contributed by atoms with Crippen molar-refractivity contribution in [2.24, 2.45) is 0 Å². The van der Waals surface area contributed by atoms with Crippen molar-refractivity contribution in [3.63, 3.8) is 0 Å². The molecule has 0 radical (unpaired) electrons. The van der Waals surface area contributed by atoms with Gasteiger partial charge in [-0.3, -0.25) is 0 Å². The van der Waals surface area contributed by atoms with Crippen LogP contribution in [0.1, 0.15) is 27.7 Å². The summed E-state index contributed by atoms with van der Waals surface area (Å²) in [4.78, 5) is 13.5. The first-order valence-electron chi connectivity index (χ1n) is 6.58. The molecule has 1 aromatic carbocycles. The Balaban J connectivity index is 2.38. The van der Waals surface area contributed by atoms with E-state index in [9.17, 15) is 4.79 Å². The summed E-state index contributed by atoms with van der Waals surface area (Å²) in [6.45, 7) is 9.08. The molecule has 4 heteroatoms. The molecule has 0 fully saturated rings. The Hall–Kier alpha value is -1.71. The van der Waals surface area contributed by atoms with Gasteiger partial charge in [-0.05, 0) is 39.8 Å². The summed E-state index contributed by atoms with van der Waals surface area (Å²) in [6, 6.07) is 9.56. The molecule has 0 atom stereocenters. The van der Waals surface area contributed by atoms with Crippen LogP contribution in [0.3, 0.4) is 0 Å².